The second-order valence-corrected chi connectivity index (χ2v) is 10.3. The summed E-state index contributed by atoms with van der Waals surface area (Å²) in [7, 11) is -13.4. The third-order valence-corrected chi connectivity index (χ3v) is 6.38. The van der Waals surface area contributed by atoms with Gasteiger partial charge in [0.2, 0.25) is 12.4 Å². The number of benzene rings is 1. The molecule has 2 rings (SSSR count). The summed E-state index contributed by atoms with van der Waals surface area (Å²) in [6.07, 6.45) is 3.66. The SMILES string of the molecule is C=C(COCc1cccc(Cl)c1)O[n+]1ccc(C)cc1.O=S(=O)([N-]S(=O)(=O)C(F)(F)F)C(F)(F)F. The first kappa shape index (κ1) is 30.6. The molecule has 196 valence electrons. The highest BCUT2D eigenvalue weighted by molar-refractivity contribution is 8.13. The normalized spacial score (nSPS) is 12.5. The van der Waals surface area contributed by atoms with Crippen LogP contribution >= 0.6 is 11.6 Å². The topological polar surface area (TPSA) is 105 Å². The predicted octanol–water partition coefficient (Wildman–Crippen LogP) is 4.15. The Morgan fingerprint density at radius 2 is 1.51 bits per heavy atom. The summed E-state index contributed by atoms with van der Waals surface area (Å²) in [6, 6.07) is 11.5. The summed E-state index contributed by atoms with van der Waals surface area (Å²) in [5.41, 5.74) is -10.2. The molecule has 0 unspecified atom stereocenters. The highest BCUT2D eigenvalue weighted by atomic mass is 35.5. The van der Waals surface area contributed by atoms with Crippen molar-refractivity contribution in [2.24, 2.45) is 0 Å². The molecule has 0 aliphatic rings. The van der Waals surface area contributed by atoms with Gasteiger partial charge < -0.3 is 8.86 Å². The van der Waals surface area contributed by atoms with E-state index in [1.807, 2.05) is 55.7 Å². The number of hydrogen-bond donors (Lipinski definition) is 0. The van der Waals surface area contributed by atoms with Crippen molar-refractivity contribution in [3.63, 3.8) is 0 Å². The number of pyridine rings is 1. The number of halogens is 7. The Labute approximate surface area is 201 Å². The molecule has 0 bridgehead atoms. The summed E-state index contributed by atoms with van der Waals surface area (Å²) in [4.78, 5) is 5.50. The van der Waals surface area contributed by atoms with E-state index in [0.717, 1.165) is 9.69 Å². The molecule has 17 heteroatoms. The van der Waals surface area contributed by atoms with Crippen molar-refractivity contribution in [3.8, 4) is 0 Å². The maximum atomic E-state index is 11.4. The number of rotatable bonds is 8. The molecule has 0 saturated carbocycles. The number of nitrogens with zero attached hydrogens (tertiary/aromatic N) is 2. The monoisotopic (exact) mass is 570 g/mol. The largest absolute Gasteiger partial charge is 0.480 e. The molecule has 0 fully saturated rings. The fourth-order valence-electron chi connectivity index (χ4n) is 1.85. The standard InChI is InChI=1S/C16H17ClNO2.C2F6NO4S2/c1-13-6-8-18(9-7-13)20-14(2)11-19-12-15-4-3-5-16(17)10-15;3-1(4,5)14(10,11)9-15(12,13)2(6,7)8/h3-10H,2,11-12H2,1H3;/q+1;-1. The van der Waals surface area contributed by atoms with Crippen molar-refractivity contribution in [3.05, 3.63) is 81.4 Å². The van der Waals surface area contributed by atoms with Crippen LogP contribution in [0.5, 0.6) is 0 Å². The van der Waals surface area contributed by atoms with Gasteiger partial charge in [-0.1, -0.05) is 30.3 Å². The van der Waals surface area contributed by atoms with E-state index >= 15 is 0 Å². The van der Waals surface area contributed by atoms with Gasteiger partial charge in [-0.2, -0.15) is 26.3 Å². The molecule has 2 aromatic rings. The van der Waals surface area contributed by atoms with Crippen LogP contribution < -0.4 is 9.57 Å². The number of aryl methyl sites for hydroxylation is 1. The maximum absolute atomic E-state index is 11.4. The second kappa shape index (κ2) is 12.0. The van der Waals surface area contributed by atoms with Crippen molar-refractivity contribution in [2.45, 2.75) is 24.5 Å². The fourth-order valence-corrected chi connectivity index (χ4v) is 3.77. The zero-order chi connectivity index (χ0) is 27.1. The Morgan fingerprint density at radius 1 is 1.00 bits per heavy atom. The van der Waals surface area contributed by atoms with E-state index in [4.69, 9.17) is 21.2 Å². The average molecular weight is 571 g/mol. The highest BCUT2D eigenvalue weighted by Gasteiger charge is 2.46. The van der Waals surface area contributed by atoms with Gasteiger partial charge in [-0.25, -0.2) is 21.7 Å². The summed E-state index contributed by atoms with van der Waals surface area (Å²) in [6.45, 7) is 6.65. The van der Waals surface area contributed by atoms with Crippen LogP contribution in [-0.2, 0) is 31.4 Å². The van der Waals surface area contributed by atoms with Crippen molar-refractivity contribution in [1.82, 2.24) is 0 Å². The van der Waals surface area contributed by atoms with Gasteiger partial charge in [-0.15, -0.1) is 0 Å². The van der Waals surface area contributed by atoms with Crippen molar-refractivity contribution in [1.29, 1.82) is 0 Å². The summed E-state index contributed by atoms with van der Waals surface area (Å²) in [5.74, 6) is 0.542. The van der Waals surface area contributed by atoms with Crippen LogP contribution in [0.3, 0.4) is 0 Å². The highest BCUT2D eigenvalue weighted by Crippen LogP contribution is 2.36. The second-order valence-electron chi connectivity index (χ2n) is 6.40. The first-order chi connectivity index (χ1) is 15.8. The average Bonchev–Trinajstić information content (AvgIpc) is 2.68. The van der Waals surface area contributed by atoms with E-state index in [0.29, 0.717) is 24.0 Å². The summed E-state index contributed by atoms with van der Waals surface area (Å²) >= 11 is 5.91. The number of hydrogen-bond acceptors (Lipinski definition) is 6. The number of sulfonamides is 2. The lowest BCUT2D eigenvalue weighted by molar-refractivity contribution is -0.880. The van der Waals surface area contributed by atoms with Gasteiger partial charge in [0.25, 0.3) is 0 Å². The van der Waals surface area contributed by atoms with Crippen LogP contribution in [0.4, 0.5) is 26.3 Å². The molecule has 0 aliphatic carbocycles. The van der Waals surface area contributed by atoms with Crippen LogP contribution in [0.15, 0.2) is 61.1 Å². The molecular formula is C18H17ClF6N2O6S2. The minimum atomic E-state index is -6.72. The molecule has 0 aliphatic heterocycles. The number of aromatic nitrogens is 1. The molecule has 1 aromatic carbocycles. The first-order valence-corrected chi connectivity index (χ1v) is 12.1. The Bertz CT molecular complexity index is 1180. The van der Waals surface area contributed by atoms with Crippen LogP contribution in [0.1, 0.15) is 11.1 Å². The summed E-state index contributed by atoms with van der Waals surface area (Å²) < 4.78 is 116. The Hall–Kier alpha value is -2.40. The smallest absolute Gasteiger partial charge is 0.421 e. The number of alkyl halides is 6. The van der Waals surface area contributed by atoms with E-state index in [1.165, 1.54) is 5.56 Å². The molecule has 0 saturated heterocycles. The van der Waals surface area contributed by atoms with Crippen molar-refractivity contribution < 1.29 is 57.5 Å². The zero-order valence-electron chi connectivity index (χ0n) is 17.5. The van der Waals surface area contributed by atoms with Gasteiger partial charge in [0, 0.05) is 21.9 Å². The van der Waals surface area contributed by atoms with Crippen LogP contribution in [-0.4, -0.2) is 34.5 Å². The minimum absolute atomic E-state index is 0.327. The van der Waals surface area contributed by atoms with Gasteiger partial charge in [-0.3, -0.25) is 0 Å². The molecule has 0 amide bonds. The Kier molecular flexibility index (Phi) is 10.5. The molecule has 0 atom stereocenters. The molecule has 0 radical (unpaired) electrons. The quantitative estimate of drug-likeness (QED) is 0.268. The predicted molar refractivity (Wildman–Crippen MR) is 112 cm³/mol. The first-order valence-electron chi connectivity index (χ1n) is 8.87. The third-order valence-electron chi connectivity index (χ3n) is 3.41. The van der Waals surface area contributed by atoms with Gasteiger partial charge in [0.15, 0.2) is 25.8 Å². The lowest BCUT2D eigenvalue weighted by atomic mass is 10.2. The zero-order valence-corrected chi connectivity index (χ0v) is 19.9. The van der Waals surface area contributed by atoms with Gasteiger partial charge in [0.1, 0.15) is 6.61 Å². The van der Waals surface area contributed by atoms with Crippen LogP contribution in [0.2, 0.25) is 5.02 Å². The molecule has 35 heavy (non-hydrogen) atoms. The lowest BCUT2D eigenvalue weighted by Crippen LogP contribution is -2.41. The molecule has 8 nitrogen and oxygen atoms in total. The number of ether oxygens (including phenoxy) is 1. The van der Waals surface area contributed by atoms with E-state index in [9.17, 15) is 43.2 Å². The minimum Gasteiger partial charge on any atom is -0.421 e. The van der Waals surface area contributed by atoms with Crippen molar-refractivity contribution >= 4 is 31.6 Å². The van der Waals surface area contributed by atoms with E-state index in [-0.39, 0.29) is 0 Å². The molecule has 0 N–H and O–H groups in total. The Balaban J connectivity index is 0.000000367. The van der Waals surface area contributed by atoms with Crippen LogP contribution in [0.25, 0.3) is 4.13 Å². The van der Waals surface area contributed by atoms with Gasteiger partial charge in [0.05, 0.1) is 6.61 Å². The molecular weight excluding hydrogens is 554 g/mol. The van der Waals surface area contributed by atoms with Crippen molar-refractivity contribution in [2.75, 3.05) is 6.61 Å². The van der Waals surface area contributed by atoms with Gasteiger partial charge >= 0.3 is 11.0 Å². The van der Waals surface area contributed by atoms with E-state index < -0.39 is 31.1 Å². The summed E-state index contributed by atoms with van der Waals surface area (Å²) in [5, 5.41) is 0.705. The third kappa shape index (κ3) is 10.4. The van der Waals surface area contributed by atoms with Gasteiger partial charge in [-0.05, 0) is 30.2 Å². The van der Waals surface area contributed by atoms with Crippen LogP contribution in [0, 0.1) is 6.92 Å². The molecule has 1 heterocycles. The molecule has 1 aromatic heterocycles. The van der Waals surface area contributed by atoms with E-state index in [1.54, 1.807) is 4.73 Å². The van der Waals surface area contributed by atoms with E-state index in [2.05, 4.69) is 6.58 Å². The Morgan fingerprint density at radius 3 is 1.97 bits per heavy atom. The maximum Gasteiger partial charge on any atom is 0.480 e. The lowest BCUT2D eigenvalue weighted by Gasteiger charge is -2.22. The fraction of sp³-hybridized carbons (Fsp3) is 0.278. The molecule has 0 spiro atoms.